The van der Waals surface area contributed by atoms with E-state index in [0.29, 0.717) is 17.9 Å². The van der Waals surface area contributed by atoms with Crippen molar-refractivity contribution in [2.75, 3.05) is 17.7 Å². The fourth-order valence-electron chi connectivity index (χ4n) is 5.42. The van der Waals surface area contributed by atoms with Gasteiger partial charge < -0.3 is 14.1 Å². The molecule has 214 valence electrons. The van der Waals surface area contributed by atoms with E-state index in [4.69, 9.17) is 9.15 Å². The van der Waals surface area contributed by atoms with Crippen LogP contribution < -0.4 is 14.2 Å². The highest BCUT2D eigenvalue weighted by Gasteiger charge is 2.30. The van der Waals surface area contributed by atoms with Crippen molar-refractivity contribution in [1.82, 2.24) is 0 Å². The van der Waals surface area contributed by atoms with E-state index in [-0.39, 0.29) is 12.8 Å². The third kappa shape index (κ3) is 5.82. The van der Waals surface area contributed by atoms with Crippen LogP contribution in [0.15, 0.2) is 107 Å². The number of oxazole rings is 1. The Bertz CT molecular complexity index is 1860. The summed E-state index contributed by atoms with van der Waals surface area (Å²) in [5.41, 5.74) is 7.85. The van der Waals surface area contributed by atoms with Crippen LogP contribution in [0.25, 0.3) is 39.4 Å². The number of anilines is 1. The summed E-state index contributed by atoms with van der Waals surface area (Å²) in [6, 6.07) is 32.4. The summed E-state index contributed by atoms with van der Waals surface area (Å²) in [4.78, 5) is 2.16. The van der Waals surface area contributed by atoms with E-state index in [1.807, 2.05) is 90.5 Å². The van der Waals surface area contributed by atoms with Crippen LogP contribution in [0.2, 0.25) is 0 Å². The van der Waals surface area contributed by atoms with Crippen LogP contribution in [0.4, 0.5) is 5.69 Å². The zero-order chi connectivity index (χ0) is 29.3. The summed E-state index contributed by atoms with van der Waals surface area (Å²) in [6.07, 6.45) is 3.16. The molecule has 0 aliphatic carbocycles. The molecule has 0 saturated carbocycles. The van der Waals surface area contributed by atoms with E-state index in [9.17, 15) is 13.0 Å². The summed E-state index contributed by atoms with van der Waals surface area (Å²) in [5, 5.41) is 0. The van der Waals surface area contributed by atoms with E-state index in [2.05, 4.69) is 36.1 Å². The molecule has 0 amide bonds. The van der Waals surface area contributed by atoms with Gasteiger partial charge in [0.05, 0.1) is 11.8 Å². The van der Waals surface area contributed by atoms with Gasteiger partial charge >= 0.3 is 5.89 Å². The SMILES string of the molecule is CC/C(=C/c1oc2ccc(-c3ccccc3)cc2[n+]1CCS(=O)(=O)O)CC1Oc2ccc(-c3ccccc3)cc2N1C. The van der Waals surface area contributed by atoms with Crippen molar-refractivity contribution in [3.05, 3.63) is 109 Å². The van der Waals surface area contributed by atoms with E-state index < -0.39 is 15.9 Å². The summed E-state index contributed by atoms with van der Waals surface area (Å²) in [5.74, 6) is 0.954. The quantitative estimate of drug-likeness (QED) is 0.149. The first-order valence-corrected chi connectivity index (χ1v) is 15.7. The highest BCUT2D eigenvalue weighted by Crippen LogP contribution is 2.41. The van der Waals surface area contributed by atoms with Crippen molar-refractivity contribution in [3.63, 3.8) is 0 Å². The molecule has 4 aromatic carbocycles. The fraction of sp³-hybridized carbons (Fsp3) is 0.206. The molecule has 2 heterocycles. The number of hydrogen-bond acceptors (Lipinski definition) is 5. The number of aromatic nitrogens is 1. The van der Waals surface area contributed by atoms with Crippen LogP contribution in [0, 0.1) is 0 Å². The summed E-state index contributed by atoms with van der Waals surface area (Å²) in [6.45, 7) is 2.14. The molecule has 1 N–H and O–H groups in total. The van der Waals surface area contributed by atoms with Gasteiger partial charge in [0, 0.05) is 19.5 Å². The van der Waals surface area contributed by atoms with Crippen LogP contribution in [0.3, 0.4) is 0 Å². The Balaban J connectivity index is 1.31. The standard InChI is InChI=1S/C34H32N2O5S/c1-3-24(20-33-35(2)29-22-27(14-16-31(29)40-33)25-10-6-4-7-11-25)21-34-36(18-19-42(37,38)39)30-23-28(15-17-32(30)41-34)26-12-8-5-9-13-26/h4-17,21-23,33H,3,18-20H2,1-2H3/p+1/b24-21-. The molecule has 7 nitrogen and oxygen atoms in total. The molecule has 6 rings (SSSR count). The van der Waals surface area contributed by atoms with Crippen molar-refractivity contribution in [3.8, 4) is 28.0 Å². The third-order valence-corrected chi connectivity index (χ3v) is 8.47. The van der Waals surface area contributed by atoms with Crippen molar-refractivity contribution < 1.29 is 26.7 Å². The Kier molecular flexibility index (Phi) is 7.58. The van der Waals surface area contributed by atoms with Crippen molar-refractivity contribution in [2.45, 2.75) is 32.5 Å². The normalized spacial score (nSPS) is 15.2. The van der Waals surface area contributed by atoms with Crippen LogP contribution >= 0.6 is 0 Å². The van der Waals surface area contributed by atoms with Gasteiger partial charge in [-0.15, -0.1) is 0 Å². The van der Waals surface area contributed by atoms with Gasteiger partial charge in [-0.3, -0.25) is 4.55 Å². The molecule has 0 radical (unpaired) electrons. The number of fused-ring (bicyclic) bond motifs is 2. The summed E-state index contributed by atoms with van der Waals surface area (Å²) in [7, 11) is -2.13. The highest BCUT2D eigenvalue weighted by molar-refractivity contribution is 7.85. The lowest BCUT2D eigenvalue weighted by molar-refractivity contribution is -0.673. The minimum absolute atomic E-state index is 0.0560. The predicted molar refractivity (Wildman–Crippen MR) is 166 cm³/mol. The zero-order valence-corrected chi connectivity index (χ0v) is 24.4. The van der Waals surface area contributed by atoms with E-state index in [1.165, 1.54) is 0 Å². The monoisotopic (exact) mass is 581 g/mol. The van der Waals surface area contributed by atoms with Crippen LogP contribution in [-0.2, 0) is 16.7 Å². The van der Waals surface area contributed by atoms with Gasteiger partial charge in [-0.05, 0) is 46.9 Å². The molecule has 1 aliphatic rings. The number of aryl methyl sites for hydroxylation is 1. The van der Waals surface area contributed by atoms with Gasteiger partial charge in [0.1, 0.15) is 11.5 Å². The van der Waals surface area contributed by atoms with Crippen molar-refractivity contribution in [1.29, 1.82) is 0 Å². The first kappa shape index (κ1) is 27.8. The minimum Gasteiger partial charge on any atom is -0.468 e. The lowest BCUT2D eigenvalue weighted by Crippen LogP contribution is -2.38. The number of benzene rings is 4. The third-order valence-electron chi connectivity index (χ3n) is 7.77. The van der Waals surface area contributed by atoms with Gasteiger partial charge in [0.2, 0.25) is 5.58 Å². The second-order valence-electron chi connectivity index (χ2n) is 10.5. The zero-order valence-electron chi connectivity index (χ0n) is 23.6. The Morgan fingerprint density at radius 1 is 0.905 bits per heavy atom. The molecule has 1 aliphatic heterocycles. The largest absolute Gasteiger partial charge is 0.468 e. The van der Waals surface area contributed by atoms with E-state index >= 15 is 0 Å². The topological polar surface area (TPSA) is 83.9 Å². The Hall–Kier alpha value is -4.40. The predicted octanol–water partition coefficient (Wildman–Crippen LogP) is 6.98. The Morgan fingerprint density at radius 3 is 2.19 bits per heavy atom. The molecular weight excluding hydrogens is 548 g/mol. The first-order chi connectivity index (χ1) is 20.3. The molecule has 8 heteroatoms. The molecular formula is C34H33N2O5S+. The lowest BCUT2D eigenvalue weighted by atomic mass is 10.0. The van der Waals surface area contributed by atoms with Gasteiger partial charge in [0.15, 0.2) is 12.8 Å². The second kappa shape index (κ2) is 11.5. The molecule has 1 unspecified atom stereocenters. The van der Waals surface area contributed by atoms with Crippen LogP contribution in [-0.4, -0.2) is 32.0 Å². The van der Waals surface area contributed by atoms with Gasteiger partial charge in [0.25, 0.3) is 15.6 Å². The van der Waals surface area contributed by atoms with Crippen molar-refractivity contribution >= 4 is 33.0 Å². The molecule has 0 spiro atoms. The maximum absolute atomic E-state index is 11.7. The summed E-state index contributed by atoms with van der Waals surface area (Å²) >= 11 is 0. The molecule has 0 saturated heterocycles. The highest BCUT2D eigenvalue weighted by atomic mass is 32.2. The van der Waals surface area contributed by atoms with E-state index in [1.54, 1.807) is 0 Å². The lowest BCUT2D eigenvalue weighted by Gasteiger charge is -2.21. The van der Waals surface area contributed by atoms with Crippen LogP contribution in [0.1, 0.15) is 25.7 Å². The summed E-state index contributed by atoms with van der Waals surface area (Å²) < 4.78 is 47.4. The van der Waals surface area contributed by atoms with E-state index in [0.717, 1.165) is 51.2 Å². The fourth-order valence-corrected chi connectivity index (χ4v) is 5.84. The van der Waals surface area contributed by atoms with Crippen LogP contribution in [0.5, 0.6) is 5.75 Å². The number of nitrogens with zero attached hydrogens (tertiary/aromatic N) is 2. The first-order valence-electron chi connectivity index (χ1n) is 14.0. The average molecular weight is 582 g/mol. The molecule has 0 fully saturated rings. The van der Waals surface area contributed by atoms with Gasteiger partial charge in [-0.1, -0.05) is 85.3 Å². The number of ether oxygens (including phenoxy) is 1. The maximum atomic E-state index is 11.7. The molecule has 1 aromatic heterocycles. The molecule has 0 bridgehead atoms. The maximum Gasteiger partial charge on any atom is 0.374 e. The Morgan fingerprint density at radius 2 is 1.55 bits per heavy atom. The smallest absolute Gasteiger partial charge is 0.374 e. The van der Waals surface area contributed by atoms with Gasteiger partial charge in [-0.25, -0.2) is 0 Å². The van der Waals surface area contributed by atoms with Gasteiger partial charge in [-0.2, -0.15) is 13.0 Å². The number of rotatable bonds is 9. The second-order valence-corrected chi connectivity index (χ2v) is 12.1. The molecule has 5 aromatic rings. The minimum atomic E-state index is -4.17. The molecule has 1 atom stereocenters. The number of hydrogen-bond donors (Lipinski definition) is 1. The molecule has 42 heavy (non-hydrogen) atoms. The van der Waals surface area contributed by atoms with Crippen molar-refractivity contribution in [2.24, 2.45) is 0 Å². The average Bonchev–Trinajstić information content (AvgIpc) is 3.51. The Labute approximate surface area is 246 Å².